The summed E-state index contributed by atoms with van der Waals surface area (Å²) in [6.07, 6.45) is 2.73. The number of rotatable bonds is 5. The van der Waals surface area contributed by atoms with Crippen molar-refractivity contribution in [3.63, 3.8) is 0 Å². The molecule has 2 N–H and O–H groups in total. The van der Waals surface area contributed by atoms with E-state index in [1.807, 2.05) is 38.4 Å². The lowest BCUT2D eigenvalue weighted by Gasteiger charge is -2.12. The molecule has 0 amide bonds. The van der Waals surface area contributed by atoms with Crippen molar-refractivity contribution in [2.75, 3.05) is 0 Å². The van der Waals surface area contributed by atoms with Crippen LogP contribution in [-0.4, -0.2) is 15.8 Å². The highest BCUT2D eigenvalue weighted by atomic mass is 79.9. The van der Waals surface area contributed by atoms with E-state index in [0.717, 1.165) is 26.8 Å². The second-order valence-corrected chi connectivity index (χ2v) is 6.55. The molecule has 108 valence electrons. The molecule has 0 bridgehead atoms. The third-order valence-electron chi connectivity index (χ3n) is 2.75. The van der Waals surface area contributed by atoms with Crippen LogP contribution in [0.1, 0.15) is 18.2 Å². The molecule has 1 heterocycles. The fourth-order valence-electron chi connectivity index (χ4n) is 1.93. The Morgan fingerprint density at radius 3 is 2.50 bits per heavy atom. The Morgan fingerprint density at radius 1 is 1.35 bits per heavy atom. The van der Waals surface area contributed by atoms with Gasteiger partial charge in [0.05, 0.1) is 14.6 Å². The lowest BCUT2D eigenvalue weighted by Crippen LogP contribution is -2.17. The van der Waals surface area contributed by atoms with E-state index >= 15 is 0 Å². The summed E-state index contributed by atoms with van der Waals surface area (Å²) < 4.78 is 9.42. The molecule has 6 heteroatoms. The predicted molar refractivity (Wildman–Crippen MR) is 86.7 cm³/mol. The molecule has 4 nitrogen and oxygen atoms in total. The van der Waals surface area contributed by atoms with Crippen molar-refractivity contribution in [3.8, 4) is 5.75 Å². The van der Waals surface area contributed by atoms with Crippen LogP contribution in [0.2, 0.25) is 0 Å². The van der Waals surface area contributed by atoms with Crippen LogP contribution < -0.4 is 10.5 Å². The van der Waals surface area contributed by atoms with E-state index in [1.165, 1.54) is 5.56 Å². The molecule has 0 saturated carbocycles. The van der Waals surface area contributed by atoms with Crippen molar-refractivity contribution in [2.45, 2.75) is 26.0 Å². The van der Waals surface area contributed by atoms with Crippen molar-refractivity contribution in [2.24, 2.45) is 12.8 Å². The fourth-order valence-corrected chi connectivity index (χ4v) is 3.44. The molecule has 0 aliphatic heterocycles. The maximum atomic E-state index is 5.83. The average molecular weight is 403 g/mol. The number of aryl methyl sites for hydroxylation is 1. The van der Waals surface area contributed by atoms with E-state index in [0.29, 0.717) is 6.61 Å². The molecule has 1 atom stereocenters. The number of nitrogens with two attached hydrogens (primary N) is 1. The molecule has 2 aromatic rings. The first-order chi connectivity index (χ1) is 9.45. The van der Waals surface area contributed by atoms with Crippen molar-refractivity contribution < 1.29 is 4.74 Å². The van der Waals surface area contributed by atoms with Crippen LogP contribution in [0.4, 0.5) is 0 Å². The van der Waals surface area contributed by atoms with Crippen LogP contribution in [0, 0.1) is 0 Å². The molecule has 1 aromatic heterocycles. The van der Waals surface area contributed by atoms with Gasteiger partial charge in [-0.15, -0.1) is 0 Å². The van der Waals surface area contributed by atoms with Crippen LogP contribution >= 0.6 is 31.9 Å². The molecule has 0 aliphatic rings. The van der Waals surface area contributed by atoms with Gasteiger partial charge in [-0.1, -0.05) is 0 Å². The minimum atomic E-state index is 0.133. The van der Waals surface area contributed by atoms with Gasteiger partial charge < -0.3 is 10.5 Å². The van der Waals surface area contributed by atoms with Crippen molar-refractivity contribution in [1.82, 2.24) is 9.78 Å². The predicted octanol–water partition coefficient (Wildman–Crippen LogP) is 3.41. The first-order valence-corrected chi connectivity index (χ1v) is 7.89. The highest BCUT2D eigenvalue weighted by Crippen LogP contribution is 2.35. The number of halogens is 2. The SMILES string of the molecule is CC(N)Cc1cc(Br)c(OCc2ccn(C)n2)c(Br)c1. The summed E-state index contributed by atoms with van der Waals surface area (Å²) in [5.74, 6) is 0.782. The summed E-state index contributed by atoms with van der Waals surface area (Å²) in [5.41, 5.74) is 7.89. The van der Waals surface area contributed by atoms with E-state index in [1.54, 1.807) is 4.68 Å². The number of hydrogen-bond donors (Lipinski definition) is 1. The monoisotopic (exact) mass is 401 g/mol. The molecule has 0 aliphatic carbocycles. The van der Waals surface area contributed by atoms with Gasteiger partial charge in [-0.3, -0.25) is 4.68 Å². The Labute approximate surface area is 135 Å². The number of hydrogen-bond acceptors (Lipinski definition) is 3. The summed E-state index contributed by atoms with van der Waals surface area (Å²) in [5, 5.41) is 4.29. The Bertz CT molecular complexity index is 573. The quantitative estimate of drug-likeness (QED) is 0.833. The van der Waals surface area contributed by atoms with Crippen molar-refractivity contribution >= 4 is 31.9 Å². The molecule has 1 aromatic carbocycles. The molecule has 0 radical (unpaired) electrons. The van der Waals surface area contributed by atoms with E-state index in [9.17, 15) is 0 Å². The zero-order valence-electron chi connectivity index (χ0n) is 11.4. The van der Waals surface area contributed by atoms with Crippen LogP contribution in [-0.2, 0) is 20.1 Å². The molecule has 0 saturated heterocycles. The molecule has 20 heavy (non-hydrogen) atoms. The second kappa shape index (κ2) is 6.74. The summed E-state index contributed by atoms with van der Waals surface area (Å²) in [7, 11) is 1.89. The number of nitrogens with zero attached hydrogens (tertiary/aromatic N) is 2. The molecular weight excluding hydrogens is 386 g/mol. The van der Waals surface area contributed by atoms with Gasteiger partial charge in [-0.25, -0.2) is 0 Å². The van der Waals surface area contributed by atoms with Gasteiger partial charge in [0.1, 0.15) is 12.4 Å². The minimum absolute atomic E-state index is 0.133. The topological polar surface area (TPSA) is 53.1 Å². The van der Waals surface area contributed by atoms with Gasteiger partial charge in [0.15, 0.2) is 0 Å². The molecule has 0 spiro atoms. The molecular formula is C14H17Br2N3O. The van der Waals surface area contributed by atoms with Gasteiger partial charge in [-0.05, 0) is 69.0 Å². The number of benzene rings is 1. The van der Waals surface area contributed by atoms with Crippen LogP contribution in [0.15, 0.2) is 33.3 Å². The highest BCUT2D eigenvalue weighted by molar-refractivity contribution is 9.11. The highest BCUT2D eigenvalue weighted by Gasteiger charge is 2.11. The average Bonchev–Trinajstić information content (AvgIpc) is 2.73. The van der Waals surface area contributed by atoms with Crippen LogP contribution in [0.5, 0.6) is 5.75 Å². The Kier molecular flexibility index (Phi) is 5.23. The van der Waals surface area contributed by atoms with Crippen LogP contribution in [0.25, 0.3) is 0 Å². The summed E-state index contributed by atoms with van der Waals surface area (Å²) in [4.78, 5) is 0. The smallest absolute Gasteiger partial charge is 0.148 e. The first-order valence-electron chi connectivity index (χ1n) is 6.30. The Morgan fingerprint density at radius 2 is 2.00 bits per heavy atom. The van der Waals surface area contributed by atoms with Gasteiger partial charge in [0.25, 0.3) is 0 Å². The maximum absolute atomic E-state index is 5.83. The van der Waals surface area contributed by atoms with E-state index < -0.39 is 0 Å². The van der Waals surface area contributed by atoms with Gasteiger partial charge in [-0.2, -0.15) is 5.10 Å². The second-order valence-electron chi connectivity index (χ2n) is 4.84. The summed E-state index contributed by atoms with van der Waals surface area (Å²) >= 11 is 7.09. The zero-order valence-corrected chi connectivity index (χ0v) is 14.6. The van der Waals surface area contributed by atoms with E-state index in [2.05, 4.69) is 37.0 Å². The molecule has 1 unspecified atom stereocenters. The normalized spacial score (nSPS) is 12.4. The Balaban J connectivity index is 2.11. The number of aromatic nitrogens is 2. The van der Waals surface area contributed by atoms with Gasteiger partial charge in [0, 0.05) is 19.3 Å². The maximum Gasteiger partial charge on any atom is 0.148 e. The summed E-state index contributed by atoms with van der Waals surface area (Å²) in [6, 6.07) is 6.16. The van der Waals surface area contributed by atoms with E-state index in [-0.39, 0.29) is 6.04 Å². The molecule has 0 fully saturated rings. The third kappa shape index (κ3) is 4.07. The van der Waals surface area contributed by atoms with Crippen molar-refractivity contribution in [3.05, 3.63) is 44.6 Å². The summed E-state index contributed by atoms with van der Waals surface area (Å²) in [6.45, 7) is 2.43. The number of ether oxygens (including phenoxy) is 1. The zero-order chi connectivity index (χ0) is 14.7. The van der Waals surface area contributed by atoms with Crippen molar-refractivity contribution in [1.29, 1.82) is 0 Å². The largest absolute Gasteiger partial charge is 0.485 e. The van der Waals surface area contributed by atoms with E-state index in [4.69, 9.17) is 10.5 Å². The lowest BCUT2D eigenvalue weighted by atomic mass is 10.1. The Hall–Kier alpha value is -0.850. The third-order valence-corrected chi connectivity index (χ3v) is 3.93. The first kappa shape index (κ1) is 15.5. The van der Waals surface area contributed by atoms with Gasteiger partial charge in [0.2, 0.25) is 0 Å². The fraction of sp³-hybridized carbons (Fsp3) is 0.357. The standard InChI is InChI=1S/C14H17Br2N3O/c1-9(17)5-10-6-12(15)14(13(16)7-10)20-8-11-3-4-19(2)18-11/h3-4,6-7,9H,5,8,17H2,1-2H3. The van der Waals surface area contributed by atoms with Gasteiger partial charge >= 0.3 is 0 Å². The van der Waals surface area contributed by atoms with Crippen LogP contribution in [0.3, 0.4) is 0 Å². The molecule has 2 rings (SSSR count). The lowest BCUT2D eigenvalue weighted by molar-refractivity contribution is 0.296. The minimum Gasteiger partial charge on any atom is -0.485 e.